The zero-order valence-electron chi connectivity index (χ0n) is 10.7. The Morgan fingerprint density at radius 1 is 1.44 bits per heavy atom. The van der Waals surface area contributed by atoms with Gasteiger partial charge in [-0.1, -0.05) is 0 Å². The Morgan fingerprint density at radius 2 is 2.28 bits per heavy atom. The predicted molar refractivity (Wildman–Crippen MR) is 68.5 cm³/mol. The highest BCUT2D eigenvalue weighted by Gasteiger charge is 2.17. The SMILES string of the molecule is CC(C)n1ncc2c(=O)n3c(nc21)CNCCC3. The molecular formula is C12H17N5O. The second-order valence-electron chi connectivity index (χ2n) is 4.94. The Labute approximate surface area is 105 Å². The van der Waals surface area contributed by atoms with E-state index in [9.17, 15) is 4.79 Å². The number of nitrogens with one attached hydrogen (secondary N) is 1. The molecule has 0 bridgehead atoms. The van der Waals surface area contributed by atoms with E-state index in [4.69, 9.17) is 0 Å². The van der Waals surface area contributed by atoms with Crippen LogP contribution in [0.15, 0.2) is 11.0 Å². The van der Waals surface area contributed by atoms with Gasteiger partial charge in [-0.25, -0.2) is 9.67 Å². The molecule has 1 aliphatic rings. The quantitative estimate of drug-likeness (QED) is 0.804. The molecule has 96 valence electrons. The largest absolute Gasteiger partial charge is 0.310 e. The number of rotatable bonds is 1. The van der Waals surface area contributed by atoms with Crippen molar-refractivity contribution in [2.24, 2.45) is 0 Å². The lowest BCUT2D eigenvalue weighted by atomic mass is 10.3. The second kappa shape index (κ2) is 4.20. The first kappa shape index (κ1) is 11.4. The van der Waals surface area contributed by atoms with E-state index in [1.807, 2.05) is 18.5 Å². The van der Waals surface area contributed by atoms with Gasteiger partial charge >= 0.3 is 0 Å². The van der Waals surface area contributed by atoms with Gasteiger partial charge < -0.3 is 5.32 Å². The molecule has 6 heteroatoms. The van der Waals surface area contributed by atoms with Gasteiger partial charge in [0.05, 0.1) is 12.7 Å². The summed E-state index contributed by atoms with van der Waals surface area (Å²) in [6.45, 7) is 6.38. The molecule has 0 unspecified atom stereocenters. The molecule has 0 fully saturated rings. The fourth-order valence-corrected chi connectivity index (χ4v) is 2.37. The molecule has 3 rings (SSSR count). The van der Waals surface area contributed by atoms with Crippen LogP contribution in [-0.4, -0.2) is 25.9 Å². The van der Waals surface area contributed by atoms with Crippen molar-refractivity contribution in [3.8, 4) is 0 Å². The van der Waals surface area contributed by atoms with E-state index in [0.717, 1.165) is 25.3 Å². The van der Waals surface area contributed by atoms with Crippen LogP contribution in [0, 0.1) is 0 Å². The second-order valence-corrected chi connectivity index (χ2v) is 4.94. The molecule has 0 spiro atoms. The van der Waals surface area contributed by atoms with E-state index in [1.54, 1.807) is 10.8 Å². The normalized spacial score (nSPS) is 15.9. The first-order valence-electron chi connectivity index (χ1n) is 6.36. The lowest BCUT2D eigenvalue weighted by Gasteiger charge is -2.10. The molecule has 2 aromatic rings. The van der Waals surface area contributed by atoms with E-state index in [-0.39, 0.29) is 11.6 Å². The van der Waals surface area contributed by atoms with Crippen LogP contribution in [-0.2, 0) is 13.1 Å². The summed E-state index contributed by atoms with van der Waals surface area (Å²) in [4.78, 5) is 17.0. The van der Waals surface area contributed by atoms with E-state index in [1.165, 1.54) is 0 Å². The highest BCUT2D eigenvalue weighted by atomic mass is 16.1. The van der Waals surface area contributed by atoms with Crippen molar-refractivity contribution in [3.63, 3.8) is 0 Å². The fourth-order valence-electron chi connectivity index (χ4n) is 2.37. The Morgan fingerprint density at radius 3 is 3.06 bits per heavy atom. The smallest absolute Gasteiger partial charge is 0.264 e. The Bertz CT molecular complexity index is 640. The van der Waals surface area contributed by atoms with Crippen molar-refractivity contribution < 1.29 is 0 Å². The molecule has 0 atom stereocenters. The third-order valence-electron chi connectivity index (χ3n) is 3.30. The van der Waals surface area contributed by atoms with Crippen LogP contribution in [0.5, 0.6) is 0 Å². The molecule has 6 nitrogen and oxygen atoms in total. The van der Waals surface area contributed by atoms with Crippen molar-refractivity contribution >= 4 is 11.0 Å². The van der Waals surface area contributed by atoms with Crippen molar-refractivity contribution in [2.75, 3.05) is 6.54 Å². The summed E-state index contributed by atoms with van der Waals surface area (Å²) in [5.41, 5.74) is 0.732. The minimum absolute atomic E-state index is 0.0330. The van der Waals surface area contributed by atoms with Crippen LogP contribution in [0.4, 0.5) is 0 Å². The maximum absolute atomic E-state index is 12.4. The third kappa shape index (κ3) is 1.64. The van der Waals surface area contributed by atoms with Crippen LogP contribution < -0.4 is 10.9 Å². The monoisotopic (exact) mass is 247 g/mol. The molecule has 1 aliphatic heterocycles. The molecule has 0 amide bonds. The lowest BCUT2D eigenvalue weighted by molar-refractivity contribution is 0.543. The van der Waals surface area contributed by atoms with Crippen LogP contribution in [0.25, 0.3) is 11.0 Å². The Balaban J connectivity index is 2.29. The average molecular weight is 247 g/mol. The molecule has 0 saturated heterocycles. The fraction of sp³-hybridized carbons (Fsp3) is 0.583. The van der Waals surface area contributed by atoms with Crippen LogP contribution in [0.3, 0.4) is 0 Å². The molecule has 1 N–H and O–H groups in total. The van der Waals surface area contributed by atoms with Crippen molar-refractivity contribution in [3.05, 3.63) is 22.4 Å². The summed E-state index contributed by atoms with van der Waals surface area (Å²) < 4.78 is 3.58. The average Bonchev–Trinajstić information content (AvgIpc) is 2.61. The van der Waals surface area contributed by atoms with Gasteiger partial charge in [-0.15, -0.1) is 0 Å². The van der Waals surface area contributed by atoms with Gasteiger partial charge in [-0.05, 0) is 26.8 Å². The number of hydrogen-bond acceptors (Lipinski definition) is 4. The molecule has 0 aromatic carbocycles. The minimum Gasteiger partial charge on any atom is -0.310 e. The zero-order valence-corrected chi connectivity index (χ0v) is 10.7. The number of nitrogens with zero attached hydrogens (tertiary/aromatic N) is 4. The minimum atomic E-state index is 0.0330. The summed E-state index contributed by atoms with van der Waals surface area (Å²) in [6.07, 6.45) is 2.59. The van der Waals surface area contributed by atoms with Gasteiger partial charge in [-0.2, -0.15) is 5.10 Å². The summed E-state index contributed by atoms with van der Waals surface area (Å²) in [5.74, 6) is 0.812. The molecule has 3 heterocycles. The third-order valence-corrected chi connectivity index (χ3v) is 3.30. The van der Waals surface area contributed by atoms with Gasteiger partial charge in [0.25, 0.3) is 5.56 Å². The molecule has 0 radical (unpaired) electrons. The van der Waals surface area contributed by atoms with E-state index in [2.05, 4.69) is 15.4 Å². The van der Waals surface area contributed by atoms with E-state index in [0.29, 0.717) is 17.6 Å². The molecule has 0 saturated carbocycles. The maximum atomic E-state index is 12.4. The zero-order chi connectivity index (χ0) is 12.7. The summed E-state index contributed by atoms with van der Waals surface area (Å²) in [5, 5.41) is 8.17. The van der Waals surface area contributed by atoms with Gasteiger partial charge in [0.1, 0.15) is 11.2 Å². The van der Waals surface area contributed by atoms with Crippen molar-refractivity contribution in [1.29, 1.82) is 0 Å². The van der Waals surface area contributed by atoms with Crippen LogP contribution in [0.2, 0.25) is 0 Å². The number of aromatic nitrogens is 4. The van der Waals surface area contributed by atoms with Crippen LogP contribution >= 0.6 is 0 Å². The highest BCUT2D eigenvalue weighted by molar-refractivity contribution is 5.73. The van der Waals surface area contributed by atoms with Gasteiger partial charge in [0.2, 0.25) is 0 Å². The predicted octanol–water partition coefficient (Wildman–Crippen LogP) is 0.667. The Hall–Kier alpha value is -1.69. The van der Waals surface area contributed by atoms with Gasteiger partial charge in [0.15, 0.2) is 5.65 Å². The molecule has 18 heavy (non-hydrogen) atoms. The number of fused-ring (bicyclic) bond motifs is 2. The van der Waals surface area contributed by atoms with Gasteiger partial charge in [-0.3, -0.25) is 9.36 Å². The Kier molecular flexibility index (Phi) is 2.66. The van der Waals surface area contributed by atoms with E-state index < -0.39 is 0 Å². The van der Waals surface area contributed by atoms with Crippen molar-refractivity contribution in [1.82, 2.24) is 24.6 Å². The molecular weight excluding hydrogens is 230 g/mol. The van der Waals surface area contributed by atoms with Crippen LogP contribution in [0.1, 0.15) is 32.1 Å². The summed E-state index contributed by atoms with van der Waals surface area (Å²) in [7, 11) is 0. The summed E-state index contributed by atoms with van der Waals surface area (Å²) in [6, 6.07) is 0.205. The van der Waals surface area contributed by atoms with E-state index >= 15 is 0 Å². The standard InChI is InChI=1S/C12H17N5O/c1-8(2)17-11-9(6-14-17)12(18)16-5-3-4-13-7-10(16)15-11/h6,8,13H,3-5,7H2,1-2H3. The first-order valence-corrected chi connectivity index (χ1v) is 6.36. The molecule has 2 aromatic heterocycles. The summed E-state index contributed by atoms with van der Waals surface area (Å²) >= 11 is 0. The topological polar surface area (TPSA) is 64.7 Å². The van der Waals surface area contributed by atoms with Gasteiger partial charge in [0, 0.05) is 12.6 Å². The maximum Gasteiger partial charge on any atom is 0.264 e. The highest BCUT2D eigenvalue weighted by Crippen LogP contribution is 2.14. The first-order chi connectivity index (χ1) is 8.68. The molecule has 0 aliphatic carbocycles. The lowest BCUT2D eigenvalue weighted by Crippen LogP contribution is -2.25. The number of hydrogen-bond donors (Lipinski definition) is 1. The van der Waals surface area contributed by atoms with Crippen molar-refractivity contribution in [2.45, 2.75) is 39.4 Å².